The fraction of sp³-hybridized carbons (Fsp3) is 0.333. The second kappa shape index (κ2) is 9.77. The predicted octanol–water partition coefficient (Wildman–Crippen LogP) is 4.48. The highest BCUT2D eigenvalue weighted by Crippen LogP contribution is 2.20. The van der Waals surface area contributed by atoms with Gasteiger partial charge in [-0.25, -0.2) is 0 Å². The van der Waals surface area contributed by atoms with E-state index in [0.717, 1.165) is 11.1 Å². The number of nitrogens with one attached hydrogen (secondary N) is 1. The first-order valence-electron chi connectivity index (χ1n) is 8.85. The van der Waals surface area contributed by atoms with E-state index in [1.54, 1.807) is 36.1 Å². The molecule has 0 saturated carbocycles. The van der Waals surface area contributed by atoms with Crippen LogP contribution in [0.25, 0.3) is 0 Å². The summed E-state index contributed by atoms with van der Waals surface area (Å²) in [7, 11) is 0. The quantitative estimate of drug-likeness (QED) is 0.736. The Bertz CT molecular complexity index is 808. The molecule has 1 N–H and O–H groups in total. The van der Waals surface area contributed by atoms with E-state index in [1.165, 1.54) is 0 Å². The van der Waals surface area contributed by atoms with Crippen LogP contribution in [0.5, 0.6) is 0 Å². The van der Waals surface area contributed by atoms with Crippen LogP contribution in [0.1, 0.15) is 31.9 Å². The standard InChI is InChI=1S/C21H24Cl2N2O2/c1-14(2)24-21(27)15(3)25(13-17-8-4-5-10-19(17)23)20(26)12-16-7-6-9-18(22)11-16/h4-11,14-15H,12-13H2,1-3H3,(H,24,27)/t15-/m0/s1. The van der Waals surface area contributed by atoms with Crippen LogP contribution in [0.4, 0.5) is 0 Å². The number of hydrogen-bond donors (Lipinski definition) is 1. The van der Waals surface area contributed by atoms with Crippen LogP contribution in [0.2, 0.25) is 10.0 Å². The summed E-state index contributed by atoms with van der Waals surface area (Å²) in [5.41, 5.74) is 1.59. The molecule has 2 rings (SSSR count). The Balaban J connectivity index is 2.26. The molecule has 0 spiro atoms. The van der Waals surface area contributed by atoms with Crippen molar-refractivity contribution in [3.05, 3.63) is 69.7 Å². The third-order valence-corrected chi connectivity index (χ3v) is 4.74. The minimum Gasteiger partial charge on any atom is -0.352 e. The van der Waals surface area contributed by atoms with Crippen LogP contribution in [0.15, 0.2) is 48.5 Å². The van der Waals surface area contributed by atoms with E-state index in [0.29, 0.717) is 10.0 Å². The smallest absolute Gasteiger partial charge is 0.242 e. The Hall–Kier alpha value is -2.04. The molecular formula is C21H24Cl2N2O2. The SMILES string of the molecule is CC(C)NC(=O)[C@H](C)N(Cc1ccccc1Cl)C(=O)Cc1cccc(Cl)c1. The topological polar surface area (TPSA) is 49.4 Å². The van der Waals surface area contributed by atoms with Gasteiger partial charge in [-0.1, -0.05) is 53.5 Å². The first kappa shape index (κ1) is 21.3. The first-order chi connectivity index (χ1) is 12.8. The lowest BCUT2D eigenvalue weighted by atomic mass is 10.1. The minimum atomic E-state index is -0.629. The van der Waals surface area contributed by atoms with Gasteiger partial charge < -0.3 is 10.2 Å². The van der Waals surface area contributed by atoms with E-state index in [2.05, 4.69) is 5.32 Å². The van der Waals surface area contributed by atoms with Gasteiger partial charge in [0.1, 0.15) is 6.04 Å². The molecule has 0 heterocycles. The van der Waals surface area contributed by atoms with Crippen molar-refractivity contribution in [1.82, 2.24) is 10.2 Å². The summed E-state index contributed by atoms with van der Waals surface area (Å²) in [6, 6.07) is 13.8. The number of halogens is 2. The zero-order valence-electron chi connectivity index (χ0n) is 15.7. The zero-order valence-corrected chi connectivity index (χ0v) is 17.2. The number of carbonyl (C=O) groups excluding carboxylic acids is 2. The van der Waals surface area contributed by atoms with Gasteiger partial charge in [0.2, 0.25) is 11.8 Å². The molecule has 0 unspecified atom stereocenters. The van der Waals surface area contributed by atoms with Gasteiger partial charge in [-0.2, -0.15) is 0 Å². The van der Waals surface area contributed by atoms with Crippen LogP contribution in [0, 0.1) is 0 Å². The third-order valence-electron chi connectivity index (χ3n) is 4.14. The van der Waals surface area contributed by atoms with Gasteiger partial charge in [-0.15, -0.1) is 0 Å². The lowest BCUT2D eigenvalue weighted by Gasteiger charge is -2.29. The van der Waals surface area contributed by atoms with Crippen molar-refractivity contribution >= 4 is 35.0 Å². The molecule has 4 nitrogen and oxygen atoms in total. The molecule has 0 aromatic heterocycles. The zero-order chi connectivity index (χ0) is 20.0. The molecule has 0 radical (unpaired) electrons. The number of rotatable bonds is 7. The number of benzene rings is 2. The molecule has 0 saturated heterocycles. The second-order valence-electron chi connectivity index (χ2n) is 6.76. The van der Waals surface area contributed by atoms with Gasteiger partial charge in [-0.05, 0) is 50.1 Å². The van der Waals surface area contributed by atoms with Gasteiger partial charge in [0.15, 0.2) is 0 Å². The average Bonchev–Trinajstić information content (AvgIpc) is 2.59. The Morgan fingerprint density at radius 3 is 2.37 bits per heavy atom. The van der Waals surface area contributed by atoms with Crippen molar-refractivity contribution in [1.29, 1.82) is 0 Å². The highest BCUT2D eigenvalue weighted by Gasteiger charge is 2.27. The van der Waals surface area contributed by atoms with Crippen molar-refractivity contribution in [2.45, 2.75) is 45.8 Å². The van der Waals surface area contributed by atoms with Gasteiger partial charge >= 0.3 is 0 Å². The Morgan fingerprint density at radius 1 is 1.04 bits per heavy atom. The second-order valence-corrected chi connectivity index (χ2v) is 7.60. The molecule has 1 atom stereocenters. The minimum absolute atomic E-state index is 0.00912. The van der Waals surface area contributed by atoms with E-state index < -0.39 is 6.04 Å². The molecule has 0 bridgehead atoms. The fourth-order valence-electron chi connectivity index (χ4n) is 2.72. The van der Waals surface area contributed by atoms with E-state index in [1.807, 2.05) is 38.1 Å². The maximum atomic E-state index is 13.0. The first-order valence-corrected chi connectivity index (χ1v) is 9.61. The summed E-state index contributed by atoms with van der Waals surface area (Å²) in [6.07, 6.45) is 0.157. The fourth-order valence-corrected chi connectivity index (χ4v) is 3.13. The van der Waals surface area contributed by atoms with Crippen molar-refractivity contribution in [2.75, 3.05) is 0 Å². The van der Waals surface area contributed by atoms with E-state index in [9.17, 15) is 9.59 Å². The molecule has 2 aromatic rings. The Labute approximate surface area is 170 Å². The highest BCUT2D eigenvalue weighted by atomic mass is 35.5. The lowest BCUT2D eigenvalue weighted by molar-refractivity contribution is -0.140. The summed E-state index contributed by atoms with van der Waals surface area (Å²) < 4.78 is 0. The molecule has 2 amide bonds. The Morgan fingerprint density at radius 2 is 1.74 bits per heavy atom. The maximum absolute atomic E-state index is 13.0. The molecule has 2 aromatic carbocycles. The third kappa shape index (κ3) is 6.26. The molecule has 6 heteroatoms. The molecule has 0 aliphatic carbocycles. The van der Waals surface area contributed by atoms with Crippen molar-refractivity contribution in [3.63, 3.8) is 0 Å². The Kier molecular flexibility index (Phi) is 7.69. The van der Waals surface area contributed by atoms with E-state index in [-0.39, 0.29) is 30.8 Å². The molecule has 0 fully saturated rings. The molecule has 0 aliphatic heterocycles. The summed E-state index contributed by atoms with van der Waals surface area (Å²) in [6.45, 7) is 5.75. The van der Waals surface area contributed by atoms with Crippen LogP contribution in [-0.4, -0.2) is 28.8 Å². The van der Waals surface area contributed by atoms with Crippen molar-refractivity contribution in [2.24, 2.45) is 0 Å². The van der Waals surface area contributed by atoms with E-state index >= 15 is 0 Å². The van der Waals surface area contributed by atoms with E-state index in [4.69, 9.17) is 23.2 Å². The number of carbonyl (C=O) groups is 2. The lowest BCUT2D eigenvalue weighted by Crippen LogP contribution is -2.49. The number of hydrogen-bond acceptors (Lipinski definition) is 2. The summed E-state index contributed by atoms with van der Waals surface area (Å²) >= 11 is 12.3. The van der Waals surface area contributed by atoms with Gasteiger partial charge in [0, 0.05) is 22.6 Å². The van der Waals surface area contributed by atoms with Crippen LogP contribution >= 0.6 is 23.2 Å². The normalized spacial score (nSPS) is 11.9. The largest absolute Gasteiger partial charge is 0.352 e. The van der Waals surface area contributed by atoms with Crippen LogP contribution in [-0.2, 0) is 22.6 Å². The summed E-state index contributed by atoms with van der Waals surface area (Å²) in [5, 5.41) is 4.00. The molecule has 27 heavy (non-hydrogen) atoms. The van der Waals surface area contributed by atoms with Gasteiger partial charge in [-0.3, -0.25) is 9.59 Å². The number of amides is 2. The monoisotopic (exact) mass is 406 g/mol. The van der Waals surface area contributed by atoms with Crippen LogP contribution < -0.4 is 5.32 Å². The summed E-state index contributed by atoms with van der Waals surface area (Å²) in [4.78, 5) is 27.1. The molecule has 0 aliphatic rings. The maximum Gasteiger partial charge on any atom is 0.242 e. The molecular weight excluding hydrogens is 383 g/mol. The average molecular weight is 407 g/mol. The van der Waals surface area contributed by atoms with Crippen molar-refractivity contribution < 1.29 is 9.59 Å². The summed E-state index contributed by atoms with van der Waals surface area (Å²) in [5.74, 6) is -0.361. The van der Waals surface area contributed by atoms with Crippen molar-refractivity contribution in [3.8, 4) is 0 Å². The molecule has 144 valence electrons. The van der Waals surface area contributed by atoms with Gasteiger partial charge in [0.25, 0.3) is 0 Å². The van der Waals surface area contributed by atoms with Crippen LogP contribution in [0.3, 0.4) is 0 Å². The number of nitrogens with zero attached hydrogens (tertiary/aromatic N) is 1. The van der Waals surface area contributed by atoms with Gasteiger partial charge in [0.05, 0.1) is 6.42 Å². The highest BCUT2D eigenvalue weighted by molar-refractivity contribution is 6.31. The predicted molar refractivity (Wildman–Crippen MR) is 110 cm³/mol.